The van der Waals surface area contributed by atoms with E-state index in [9.17, 15) is 29.3 Å². The van der Waals surface area contributed by atoms with Crippen LogP contribution in [-0.4, -0.2) is 45.0 Å². The van der Waals surface area contributed by atoms with Crippen molar-refractivity contribution in [3.63, 3.8) is 0 Å². The predicted molar refractivity (Wildman–Crippen MR) is 127 cm³/mol. The number of amides is 3. The van der Waals surface area contributed by atoms with Gasteiger partial charge in [0.2, 0.25) is 0 Å². The number of benzene rings is 2. The smallest absolute Gasteiger partial charge is 0.282 e. The molecule has 3 amide bonds. The Balaban J connectivity index is 1.76. The SMILES string of the molecule is C[C@@H]1CC[C@@H]2C(=O)N(N(CC(=O)c3ccc(Cl)cc3Cl)C(=O)c3ccccc3[N+](=O)[O-])C(=O)[C@@H]2C1. The molecule has 2 aromatic rings. The summed E-state index contributed by atoms with van der Waals surface area (Å²) in [6.45, 7) is 1.26. The lowest BCUT2D eigenvalue weighted by Crippen LogP contribution is -2.52. The van der Waals surface area contributed by atoms with E-state index in [1.54, 1.807) is 0 Å². The number of carbonyl (C=O) groups excluding carboxylic acids is 4. The van der Waals surface area contributed by atoms with Crippen molar-refractivity contribution < 1.29 is 24.1 Å². The summed E-state index contributed by atoms with van der Waals surface area (Å²) >= 11 is 12.1. The Labute approximate surface area is 210 Å². The van der Waals surface area contributed by atoms with Gasteiger partial charge in [-0.1, -0.05) is 42.3 Å². The molecule has 0 N–H and O–H groups in total. The summed E-state index contributed by atoms with van der Waals surface area (Å²) < 4.78 is 0. The van der Waals surface area contributed by atoms with Crippen molar-refractivity contribution in [3.8, 4) is 0 Å². The fourth-order valence-corrected chi connectivity index (χ4v) is 5.25. The van der Waals surface area contributed by atoms with E-state index in [1.165, 1.54) is 36.4 Å². The van der Waals surface area contributed by atoms with Crippen molar-refractivity contribution in [1.82, 2.24) is 10.0 Å². The van der Waals surface area contributed by atoms with E-state index in [4.69, 9.17) is 23.2 Å². The molecule has 2 aliphatic rings. The second kappa shape index (κ2) is 9.75. The highest BCUT2D eigenvalue weighted by Gasteiger charge is 2.53. The summed E-state index contributed by atoms with van der Waals surface area (Å²) in [7, 11) is 0. The minimum Gasteiger partial charge on any atom is -0.292 e. The first-order chi connectivity index (χ1) is 16.6. The highest BCUT2D eigenvalue weighted by molar-refractivity contribution is 6.37. The first-order valence-corrected chi connectivity index (χ1v) is 11.8. The van der Waals surface area contributed by atoms with Gasteiger partial charge in [-0.2, -0.15) is 5.01 Å². The van der Waals surface area contributed by atoms with Gasteiger partial charge in [0.15, 0.2) is 5.78 Å². The number of carbonyl (C=O) groups is 4. The van der Waals surface area contributed by atoms with Crippen molar-refractivity contribution in [2.75, 3.05) is 6.54 Å². The summed E-state index contributed by atoms with van der Waals surface area (Å²) in [4.78, 5) is 64.2. The molecule has 1 heterocycles. The van der Waals surface area contributed by atoms with Crippen molar-refractivity contribution in [2.45, 2.75) is 26.2 Å². The number of rotatable bonds is 6. The normalized spacial score (nSPS) is 21.6. The first-order valence-electron chi connectivity index (χ1n) is 11.0. The number of hydrogen-bond acceptors (Lipinski definition) is 6. The molecule has 3 atom stereocenters. The molecule has 1 aliphatic carbocycles. The molecular weight excluding hydrogens is 497 g/mol. The zero-order valence-corrected chi connectivity index (χ0v) is 20.2. The monoisotopic (exact) mass is 517 g/mol. The van der Waals surface area contributed by atoms with Crippen LogP contribution in [0.2, 0.25) is 10.0 Å². The molecule has 0 spiro atoms. The third kappa shape index (κ3) is 4.66. The largest absolute Gasteiger partial charge is 0.292 e. The van der Waals surface area contributed by atoms with Gasteiger partial charge in [-0.3, -0.25) is 29.3 Å². The van der Waals surface area contributed by atoms with Crippen LogP contribution in [0.3, 0.4) is 0 Å². The number of Topliss-reactive ketones (excluding diaryl/α,β-unsaturated/α-hetero) is 1. The van der Waals surface area contributed by atoms with Gasteiger partial charge in [0, 0.05) is 16.7 Å². The molecule has 1 saturated heterocycles. The van der Waals surface area contributed by atoms with E-state index in [1.807, 2.05) is 6.92 Å². The summed E-state index contributed by atoms with van der Waals surface area (Å²) in [5.41, 5.74) is -0.831. The van der Waals surface area contributed by atoms with E-state index in [2.05, 4.69) is 0 Å². The Morgan fingerprint density at radius 1 is 1.06 bits per heavy atom. The van der Waals surface area contributed by atoms with Crippen LogP contribution in [0.25, 0.3) is 0 Å². The van der Waals surface area contributed by atoms with Gasteiger partial charge >= 0.3 is 0 Å². The van der Waals surface area contributed by atoms with Crippen LogP contribution in [-0.2, 0) is 9.59 Å². The number of para-hydroxylation sites is 1. The number of nitrogens with zero attached hydrogens (tertiary/aromatic N) is 3. The molecule has 11 heteroatoms. The third-order valence-corrected chi connectivity index (χ3v) is 7.04. The number of imide groups is 1. The molecule has 2 aromatic carbocycles. The number of halogens is 2. The van der Waals surface area contributed by atoms with E-state index in [0.29, 0.717) is 27.9 Å². The molecule has 0 radical (unpaired) electrons. The number of nitro groups is 1. The van der Waals surface area contributed by atoms with Crippen LogP contribution >= 0.6 is 23.2 Å². The fourth-order valence-electron chi connectivity index (χ4n) is 4.73. The molecule has 182 valence electrons. The Morgan fingerprint density at radius 2 is 1.74 bits per heavy atom. The van der Waals surface area contributed by atoms with E-state index < -0.39 is 52.5 Å². The van der Waals surface area contributed by atoms with Crippen LogP contribution in [0.5, 0.6) is 0 Å². The number of hydrogen-bond donors (Lipinski definition) is 0. The molecule has 0 aromatic heterocycles. The molecule has 9 nitrogen and oxygen atoms in total. The Kier molecular flexibility index (Phi) is 6.91. The standard InChI is InChI=1S/C24H21Cl2N3O6/c1-13-6-8-15-18(10-13)24(33)28(23(15)32)27(12-21(30)16-9-7-14(25)11-19(16)26)22(31)17-4-2-3-5-20(17)29(34)35/h2-5,7,9,11,13,15,18H,6,8,10,12H2,1H3/t13-,15+,18-/m1/s1. The van der Waals surface area contributed by atoms with Crippen LogP contribution in [0.4, 0.5) is 5.69 Å². The molecule has 4 rings (SSSR count). The fraction of sp³-hybridized carbons (Fsp3) is 0.333. The molecular formula is C24H21Cl2N3O6. The van der Waals surface area contributed by atoms with Gasteiger partial charge < -0.3 is 0 Å². The van der Waals surface area contributed by atoms with Gasteiger partial charge in [-0.15, -0.1) is 0 Å². The van der Waals surface area contributed by atoms with Crippen molar-refractivity contribution in [1.29, 1.82) is 0 Å². The van der Waals surface area contributed by atoms with Gasteiger partial charge in [-0.25, -0.2) is 5.01 Å². The summed E-state index contributed by atoms with van der Waals surface area (Å²) in [6, 6.07) is 9.33. The Bertz CT molecular complexity index is 1250. The lowest BCUT2D eigenvalue weighted by Gasteiger charge is -2.30. The molecule has 0 bridgehead atoms. The molecule has 1 aliphatic heterocycles. The Morgan fingerprint density at radius 3 is 2.43 bits per heavy atom. The third-order valence-electron chi connectivity index (χ3n) is 6.50. The Hall–Kier alpha value is -3.30. The number of hydrazine groups is 1. The minimum atomic E-state index is -1.01. The van der Waals surface area contributed by atoms with E-state index in [0.717, 1.165) is 12.5 Å². The zero-order valence-electron chi connectivity index (χ0n) is 18.6. The predicted octanol–water partition coefficient (Wildman–Crippen LogP) is 4.56. The highest BCUT2D eigenvalue weighted by Crippen LogP contribution is 2.41. The quantitative estimate of drug-likeness (QED) is 0.240. The maximum absolute atomic E-state index is 13.6. The lowest BCUT2D eigenvalue weighted by atomic mass is 9.76. The average Bonchev–Trinajstić information content (AvgIpc) is 3.06. The van der Waals surface area contributed by atoms with Gasteiger partial charge in [0.05, 0.1) is 21.8 Å². The maximum Gasteiger partial charge on any atom is 0.282 e. The molecule has 0 unspecified atom stereocenters. The summed E-state index contributed by atoms with van der Waals surface area (Å²) in [5.74, 6) is -3.84. The maximum atomic E-state index is 13.6. The van der Waals surface area contributed by atoms with Gasteiger partial charge in [0.25, 0.3) is 23.4 Å². The van der Waals surface area contributed by atoms with E-state index >= 15 is 0 Å². The molecule has 1 saturated carbocycles. The van der Waals surface area contributed by atoms with Crippen LogP contribution in [0.1, 0.15) is 46.9 Å². The van der Waals surface area contributed by atoms with Crippen molar-refractivity contribution in [2.24, 2.45) is 17.8 Å². The van der Waals surface area contributed by atoms with Crippen LogP contribution in [0.15, 0.2) is 42.5 Å². The van der Waals surface area contributed by atoms with Crippen molar-refractivity contribution in [3.05, 3.63) is 73.8 Å². The van der Waals surface area contributed by atoms with Crippen LogP contribution in [0, 0.1) is 27.9 Å². The number of nitro benzene ring substituents is 1. The minimum absolute atomic E-state index is 0.0292. The zero-order chi connectivity index (χ0) is 25.4. The molecule has 35 heavy (non-hydrogen) atoms. The summed E-state index contributed by atoms with van der Waals surface area (Å²) in [6.07, 6.45) is 1.72. The van der Waals surface area contributed by atoms with Crippen LogP contribution < -0.4 is 0 Å². The van der Waals surface area contributed by atoms with Crippen molar-refractivity contribution >= 4 is 52.4 Å². The molecule has 2 fully saturated rings. The van der Waals surface area contributed by atoms with Gasteiger partial charge in [-0.05, 0) is 49.4 Å². The second-order valence-electron chi connectivity index (χ2n) is 8.80. The first kappa shape index (κ1) is 24.8. The number of ketones is 1. The topological polar surface area (TPSA) is 118 Å². The van der Waals surface area contributed by atoms with E-state index in [-0.39, 0.29) is 22.1 Å². The summed E-state index contributed by atoms with van der Waals surface area (Å²) in [5, 5.41) is 13.3. The lowest BCUT2D eigenvalue weighted by molar-refractivity contribution is -0.385. The second-order valence-corrected chi connectivity index (χ2v) is 9.65. The van der Waals surface area contributed by atoms with Gasteiger partial charge in [0.1, 0.15) is 12.1 Å². The number of fused-ring (bicyclic) bond motifs is 1. The average molecular weight is 518 g/mol. The highest BCUT2D eigenvalue weighted by atomic mass is 35.5.